The highest BCUT2D eigenvalue weighted by Crippen LogP contribution is 2.35. The van der Waals surface area contributed by atoms with Gasteiger partial charge in [0.05, 0.1) is 5.69 Å². The number of fused-ring (bicyclic) bond motifs is 3. The van der Waals surface area contributed by atoms with E-state index in [1.54, 1.807) is 12.1 Å². The molecule has 1 amide bonds. The second kappa shape index (κ2) is 10.4. The van der Waals surface area contributed by atoms with Crippen molar-refractivity contribution in [1.29, 1.82) is 0 Å². The van der Waals surface area contributed by atoms with E-state index in [1.807, 2.05) is 17.1 Å². The molecule has 174 valence electrons. The molecule has 7 nitrogen and oxygen atoms in total. The molecular weight excluding hydrogens is 424 g/mol. The first-order valence-corrected chi connectivity index (χ1v) is 12.7. The predicted octanol–water partition coefficient (Wildman–Crippen LogP) is 3.60. The minimum absolute atomic E-state index is 0.0977. The number of carbonyl (C=O) groups is 1. The monoisotopic (exact) mass is 458 g/mol. The van der Waals surface area contributed by atoms with Gasteiger partial charge in [0.25, 0.3) is 15.9 Å². The summed E-state index contributed by atoms with van der Waals surface area (Å²) in [6, 6.07) is 5.00. The lowest BCUT2D eigenvalue weighted by molar-refractivity contribution is 0.0926. The first kappa shape index (κ1) is 24.2. The normalized spacial score (nSPS) is 18.2. The van der Waals surface area contributed by atoms with Crippen LogP contribution in [0, 0.1) is 5.92 Å². The summed E-state index contributed by atoms with van der Waals surface area (Å²) in [6.07, 6.45) is 7.32. The van der Waals surface area contributed by atoms with E-state index in [2.05, 4.69) is 41.6 Å². The van der Waals surface area contributed by atoms with E-state index >= 15 is 0 Å². The van der Waals surface area contributed by atoms with Gasteiger partial charge in [-0.2, -0.15) is 8.42 Å². The van der Waals surface area contributed by atoms with Crippen molar-refractivity contribution in [3.8, 4) is 0 Å². The molecule has 0 aliphatic carbocycles. The van der Waals surface area contributed by atoms with E-state index in [1.165, 1.54) is 6.07 Å². The molecule has 1 aromatic carbocycles. The molecule has 0 saturated carbocycles. The van der Waals surface area contributed by atoms with Crippen molar-refractivity contribution in [3.63, 3.8) is 0 Å². The zero-order chi connectivity index (χ0) is 23.3. The van der Waals surface area contributed by atoms with Crippen molar-refractivity contribution >= 4 is 27.5 Å². The van der Waals surface area contributed by atoms with Crippen molar-refractivity contribution in [2.45, 2.75) is 50.5 Å². The molecule has 0 bridgehead atoms. The molecule has 8 heteroatoms. The number of hydrogen-bond donors (Lipinski definition) is 1. The maximum atomic E-state index is 12.9. The summed E-state index contributed by atoms with van der Waals surface area (Å²) in [5, 5.41) is 2.98. The van der Waals surface area contributed by atoms with Crippen molar-refractivity contribution < 1.29 is 13.2 Å². The van der Waals surface area contributed by atoms with E-state index in [0.717, 1.165) is 25.8 Å². The van der Waals surface area contributed by atoms with Gasteiger partial charge >= 0.3 is 0 Å². The Morgan fingerprint density at radius 3 is 2.59 bits per heavy atom. The number of nitrogens with one attached hydrogen (secondary N) is 1. The Hall–Kier alpha value is -2.45. The molecule has 3 rings (SSSR count). The van der Waals surface area contributed by atoms with E-state index in [-0.39, 0.29) is 16.8 Å². The third-order valence-electron chi connectivity index (χ3n) is 6.05. The van der Waals surface area contributed by atoms with Gasteiger partial charge in [-0.05, 0) is 37.0 Å². The fourth-order valence-electron chi connectivity index (χ4n) is 4.38. The lowest BCUT2D eigenvalue weighted by Crippen LogP contribution is -2.47. The summed E-state index contributed by atoms with van der Waals surface area (Å²) in [7, 11) is -3.82. The Balaban J connectivity index is 1.81. The average Bonchev–Trinajstić information content (AvgIpc) is 2.98. The first-order chi connectivity index (χ1) is 15.3. The van der Waals surface area contributed by atoms with E-state index in [9.17, 15) is 13.2 Å². The molecular formula is C24H34N4O3S. The number of nitrogens with zero attached hydrogens (tertiary/aromatic N) is 3. The average molecular weight is 459 g/mol. The zero-order valence-electron chi connectivity index (χ0n) is 19.1. The van der Waals surface area contributed by atoms with E-state index < -0.39 is 10.0 Å². The lowest BCUT2D eigenvalue weighted by atomic mass is 10.0. The van der Waals surface area contributed by atoms with Crippen LogP contribution in [0.5, 0.6) is 0 Å². The molecule has 1 fully saturated rings. The number of rotatable bonds is 9. The summed E-state index contributed by atoms with van der Waals surface area (Å²) in [6.45, 7) is 14.4. The molecule has 1 saturated heterocycles. The van der Waals surface area contributed by atoms with E-state index in [4.69, 9.17) is 0 Å². The van der Waals surface area contributed by atoms with Crippen LogP contribution in [0.4, 0.5) is 5.69 Å². The Kier molecular flexibility index (Phi) is 7.90. The predicted molar refractivity (Wildman–Crippen MR) is 130 cm³/mol. The van der Waals surface area contributed by atoms with Crippen LogP contribution >= 0.6 is 0 Å². The standard InChI is InChI=1S/C24H34N4O3S/c1-5-13-27(14-6-2)21(18(3)4)17-25-24(29)19-11-12-20-22(16-19)32(30,31)26-23-10-8-7-9-15-28(20)23/h5-6,11-12,16,18,21H,1-2,7-10,13-15,17H2,3-4H3,(H,25,29). The van der Waals surface area contributed by atoms with Crippen molar-refractivity contribution in [2.75, 3.05) is 31.1 Å². The number of anilines is 1. The Labute approximate surface area is 191 Å². The number of hydrogen-bond acceptors (Lipinski definition) is 5. The lowest BCUT2D eigenvalue weighted by Gasteiger charge is -2.33. The summed E-state index contributed by atoms with van der Waals surface area (Å²) in [4.78, 5) is 17.2. The molecule has 0 spiro atoms. The van der Waals surface area contributed by atoms with E-state index in [0.29, 0.717) is 49.1 Å². The van der Waals surface area contributed by atoms with Gasteiger partial charge in [0.1, 0.15) is 10.7 Å². The fourth-order valence-corrected chi connectivity index (χ4v) is 5.67. The molecule has 32 heavy (non-hydrogen) atoms. The molecule has 0 aromatic heterocycles. The molecule has 2 aliphatic heterocycles. The van der Waals surface area contributed by atoms with Crippen LogP contribution in [-0.2, 0) is 10.0 Å². The van der Waals surface area contributed by atoms with Crippen LogP contribution in [0.25, 0.3) is 0 Å². The van der Waals surface area contributed by atoms with Crippen molar-refractivity contribution in [3.05, 3.63) is 49.1 Å². The smallest absolute Gasteiger partial charge is 0.286 e. The second-order valence-electron chi connectivity index (χ2n) is 8.68. The third kappa shape index (κ3) is 5.30. The number of amides is 1. The number of benzene rings is 1. The maximum Gasteiger partial charge on any atom is 0.286 e. The van der Waals surface area contributed by atoms with Gasteiger partial charge < -0.3 is 10.2 Å². The highest BCUT2D eigenvalue weighted by Gasteiger charge is 2.32. The maximum absolute atomic E-state index is 12.9. The molecule has 2 heterocycles. The Morgan fingerprint density at radius 2 is 1.94 bits per heavy atom. The summed E-state index contributed by atoms with van der Waals surface area (Å²) < 4.78 is 29.7. The minimum atomic E-state index is -3.82. The molecule has 0 radical (unpaired) electrons. The summed E-state index contributed by atoms with van der Waals surface area (Å²) >= 11 is 0. The molecule has 1 unspecified atom stereocenters. The van der Waals surface area contributed by atoms with Crippen LogP contribution in [0.2, 0.25) is 0 Å². The van der Waals surface area contributed by atoms with Gasteiger partial charge in [-0.25, -0.2) is 0 Å². The van der Waals surface area contributed by atoms with Crippen LogP contribution in [0.1, 0.15) is 49.9 Å². The van der Waals surface area contributed by atoms with Gasteiger partial charge in [0.15, 0.2) is 0 Å². The second-order valence-corrected chi connectivity index (χ2v) is 10.3. The van der Waals surface area contributed by atoms with Gasteiger partial charge in [0, 0.05) is 44.2 Å². The van der Waals surface area contributed by atoms with Crippen LogP contribution in [0.3, 0.4) is 0 Å². The SMILES string of the molecule is C=CCN(CC=C)C(CNC(=O)c1ccc2c(c1)S(=O)(=O)N=C1CCCCCN12)C(C)C. The highest BCUT2D eigenvalue weighted by molar-refractivity contribution is 7.90. The van der Waals surface area contributed by atoms with Crippen molar-refractivity contribution in [1.82, 2.24) is 10.2 Å². The third-order valence-corrected chi connectivity index (χ3v) is 7.38. The van der Waals surface area contributed by atoms with Crippen LogP contribution in [-0.4, -0.2) is 57.3 Å². The van der Waals surface area contributed by atoms with Crippen molar-refractivity contribution in [2.24, 2.45) is 10.3 Å². The molecule has 1 aromatic rings. The van der Waals surface area contributed by atoms with Crippen LogP contribution < -0.4 is 10.2 Å². The van der Waals surface area contributed by atoms with Gasteiger partial charge in [-0.15, -0.1) is 17.6 Å². The quantitative estimate of drug-likeness (QED) is 0.572. The largest absolute Gasteiger partial charge is 0.350 e. The van der Waals surface area contributed by atoms with Gasteiger partial charge in [-0.1, -0.05) is 32.4 Å². The van der Waals surface area contributed by atoms with Gasteiger partial charge in [0.2, 0.25) is 0 Å². The Bertz CT molecular complexity index is 990. The van der Waals surface area contributed by atoms with Gasteiger partial charge in [-0.3, -0.25) is 9.69 Å². The minimum Gasteiger partial charge on any atom is -0.350 e. The number of amidine groups is 1. The fraction of sp³-hybridized carbons (Fsp3) is 0.500. The summed E-state index contributed by atoms with van der Waals surface area (Å²) in [5.41, 5.74) is 0.943. The number of sulfonamides is 1. The van der Waals surface area contributed by atoms with Crippen LogP contribution in [0.15, 0.2) is 52.8 Å². The first-order valence-electron chi connectivity index (χ1n) is 11.3. The molecule has 1 atom stereocenters. The topological polar surface area (TPSA) is 82.1 Å². The summed E-state index contributed by atoms with van der Waals surface area (Å²) in [5.74, 6) is 0.614. The molecule has 2 aliphatic rings. The molecule has 1 N–H and O–H groups in total. The highest BCUT2D eigenvalue weighted by atomic mass is 32.2. The number of carbonyl (C=O) groups excluding carboxylic acids is 1. The zero-order valence-corrected chi connectivity index (χ0v) is 19.9. The Morgan fingerprint density at radius 1 is 1.22 bits per heavy atom.